The van der Waals surface area contributed by atoms with Gasteiger partial charge in [0.05, 0.1) is 0 Å². The summed E-state index contributed by atoms with van der Waals surface area (Å²) in [5.41, 5.74) is 2.14. The van der Waals surface area contributed by atoms with Gasteiger partial charge in [0.1, 0.15) is 17.7 Å². The van der Waals surface area contributed by atoms with Crippen LogP contribution in [0.5, 0.6) is 0 Å². The lowest BCUT2D eigenvalue weighted by atomic mass is 9.96. The summed E-state index contributed by atoms with van der Waals surface area (Å²) < 4.78 is 5.33. The highest BCUT2D eigenvalue weighted by molar-refractivity contribution is 6.00. The Morgan fingerprint density at radius 2 is 1.54 bits per heavy atom. The molecule has 0 radical (unpaired) electrons. The van der Waals surface area contributed by atoms with Gasteiger partial charge in [0.2, 0.25) is 0 Å². The van der Waals surface area contributed by atoms with E-state index in [9.17, 15) is 14.4 Å². The molecule has 0 aliphatic rings. The molecule has 7 heteroatoms. The number of rotatable bonds is 7. The molecule has 186 valence electrons. The first-order valence-electron chi connectivity index (χ1n) is 11.6. The zero-order valence-corrected chi connectivity index (χ0v) is 21.5. The molecule has 0 spiro atoms. The van der Waals surface area contributed by atoms with Crippen LogP contribution in [-0.4, -0.2) is 34.5 Å². The van der Waals surface area contributed by atoms with E-state index >= 15 is 0 Å². The molecule has 2 N–H and O–H groups in total. The maximum absolute atomic E-state index is 13.7. The lowest BCUT2D eigenvalue weighted by molar-refractivity contribution is -0.137. The van der Waals surface area contributed by atoms with E-state index in [1.165, 1.54) is 0 Å². The van der Waals surface area contributed by atoms with Crippen molar-refractivity contribution in [3.63, 3.8) is 0 Å². The first kappa shape index (κ1) is 27.5. The van der Waals surface area contributed by atoms with Gasteiger partial charge in [-0.3, -0.25) is 14.5 Å². The van der Waals surface area contributed by atoms with Crippen LogP contribution < -0.4 is 10.6 Å². The van der Waals surface area contributed by atoms with Crippen LogP contribution >= 0.6 is 0 Å². The number of anilines is 1. The van der Waals surface area contributed by atoms with E-state index in [1.54, 1.807) is 52.8 Å². The molecule has 35 heavy (non-hydrogen) atoms. The Labute approximate surface area is 208 Å². The minimum Gasteiger partial charge on any atom is -0.444 e. The van der Waals surface area contributed by atoms with Gasteiger partial charge >= 0.3 is 6.09 Å². The maximum Gasteiger partial charge on any atom is 0.408 e. The second-order valence-electron chi connectivity index (χ2n) is 9.77. The van der Waals surface area contributed by atoms with Crippen molar-refractivity contribution in [3.8, 4) is 12.5 Å². The van der Waals surface area contributed by atoms with Crippen molar-refractivity contribution in [1.82, 2.24) is 10.2 Å². The van der Waals surface area contributed by atoms with Crippen molar-refractivity contribution in [3.05, 3.63) is 65.2 Å². The molecule has 2 aromatic rings. The Morgan fingerprint density at radius 3 is 2.06 bits per heavy atom. The SMILES string of the molecule is C#CN(C(=O)C(NC(=O)OC(C)(C)C)C(C)C)C(C(=O)Nc1ccccc1C)c1ccccc1C. The molecule has 0 aliphatic heterocycles. The van der Waals surface area contributed by atoms with Crippen LogP contribution in [0.25, 0.3) is 0 Å². The number of nitrogens with one attached hydrogen (secondary N) is 2. The molecule has 0 fully saturated rings. The third-order valence-corrected chi connectivity index (χ3v) is 5.37. The van der Waals surface area contributed by atoms with Gasteiger partial charge in [0.15, 0.2) is 0 Å². The van der Waals surface area contributed by atoms with Crippen molar-refractivity contribution in [2.75, 3.05) is 5.32 Å². The molecule has 0 saturated heterocycles. The molecular weight excluding hydrogens is 442 g/mol. The number of benzene rings is 2. The molecule has 0 bridgehead atoms. The van der Waals surface area contributed by atoms with Crippen LogP contribution in [-0.2, 0) is 14.3 Å². The largest absolute Gasteiger partial charge is 0.444 e. The van der Waals surface area contributed by atoms with Crippen LogP contribution in [0, 0.1) is 32.2 Å². The zero-order chi connectivity index (χ0) is 26.3. The fourth-order valence-electron chi connectivity index (χ4n) is 3.57. The van der Waals surface area contributed by atoms with Gasteiger partial charge in [-0.2, -0.15) is 0 Å². The van der Waals surface area contributed by atoms with Gasteiger partial charge in [-0.25, -0.2) is 4.79 Å². The quantitative estimate of drug-likeness (QED) is 0.436. The van der Waals surface area contributed by atoms with Crippen LogP contribution in [0.3, 0.4) is 0 Å². The number of hydrogen-bond donors (Lipinski definition) is 2. The number of aryl methyl sites for hydroxylation is 2. The molecule has 2 aromatic carbocycles. The monoisotopic (exact) mass is 477 g/mol. The van der Waals surface area contributed by atoms with E-state index in [0.29, 0.717) is 11.3 Å². The highest BCUT2D eigenvalue weighted by atomic mass is 16.6. The Balaban J connectivity index is 2.47. The third kappa shape index (κ3) is 7.35. The van der Waals surface area contributed by atoms with Crippen molar-refractivity contribution >= 4 is 23.6 Å². The minimum atomic E-state index is -1.12. The number of ether oxygens (including phenoxy) is 1. The Bertz CT molecular complexity index is 1110. The van der Waals surface area contributed by atoms with E-state index in [0.717, 1.165) is 16.0 Å². The van der Waals surface area contributed by atoms with Crippen LogP contribution in [0.4, 0.5) is 10.5 Å². The molecule has 0 heterocycles. The Hall–Kier alpha value is -3.79. The number of carbonyl (C=O) groups is 3. The van der Waals surface area contributed by atoms with E-state index in [4.69, 9.17) is 11.2 Å². The second-order valence-corrected chi connectivity index (χ2v) is 9.77. The lowest BCUT2D eigenvalue weighted by Gasteiger charge is -2.32. The molecule has 2 atom stereocenters. The average molecular weight is 478 g/mol. The second kappa shape index (κ2) is 11.6. The maximum atomic E-state index is 13.7. The summed E-state index contributed by atoms with van der Waals surface area (Å²) in [5, 5.41) is 5.53. The van der Waals surface area contributed by atoms with Crippen molar-refractivity contribution in [2.45, 2.75) is 66.2 Å². The Morgan fingerprint density at radius 1 is 0.971 bits per heavy atom. The summed E-state index contributed by atoms with van der Waals surface area (Å²) in [6, 6.07) is 14.9. The van der Waals surface area contributed by atoms with Gasteiger partial charge in [0, 0.05) is 11.7 Å². The van der Waals surface area contributed by atoms with Gasteiger partial charge in [-0.05, 0) is 63.3 Å². The van der Waals surface area contributed by atoms with Crippen molar-refractivity contribution in [2.24, 2.45) is 5.92 Å². The molecule has 2 unspecified atom stereocenters. The molecule has 0 saturated carbocycles. The third-order valence-electron chi connectivity index (χ3n) is 5.37. The highest BCUT2D eigenvalue weighted by Gasteiger charge is 2.37. The number of amides is 3. The number of hydrogen-bond acceptors (Lipinski definition) is 4. The standard InChI is InChI=1S/C28H35N3O4/c1-9-31(26(33)23(18(2)3)30-27(34)35-28(6,7)8)24(21-16-12-10-14-19(21)4)25(32)29-22-17-13-11-15-20(22)5/h1,10-18,23-24H,2-8H3,(H,29,32)(H,30,34). The molecular formula is C28H35N3O4. The fraction of sp³-hybridized carbons (Fsp3) is 0.393. The van der Waals surface area contributed by atoms with E-state index in [2.05, 4.69) is 16.7 Å². The predicted molar refractivity (Wildman–Crippen MR) is 137 cm³/mol. The first-order valence-corrected chi connectivity index (χ1v) is 11.6. The smallest absolute Gasteiger partial charge is 0.408 e. The molecule has 2 rings (SSSR count). The summed E-state index contributed by atoms with van der Waals surface area (Å²) in [5.74, 6) is -1.36. The molecule has 0 aliphatic carbocycles. The number of carbonyl (C=O) groups excluding carboxylic acids is 3. The van der Waals surface area contributed by atoms with E-state index in [-0.39, 0.29) is 5.92 Å². The van der Waals surface area contributed by atoms with Crippen molar-refractivity contribution in [1.29, 1.82) is 0 Å². The minimum absolute atomic E-state index is 0.317. The average Bonchev–Trinajstić information content (AvgIpc) is 2.76. The highest BCUT2D eigenvalue weighted by Crippen LogP contribution is 2.27. The van der Waals surface area contributed by atoms with Gasteiger partial charge < -0.3 is 15.4 Å². The number of terminal acetylenes is 1. The van der Waals surface area contributed by atoms with Gasteiger partial charge in [-0.15, -0.1) is 0 Å². The summed E-state index contributed by atoms with van der Waals surface area (Å²) >= 11 is 0. The topological polar surface area (TPSA) is 87.7 Å². The van der Waals surface area contributed by atoms with Crippen LogP contribution in [0.2, 0.25) is 0 Å². The summed E-state index contributed by atoms with van der Waals surface area (Å²) in [6.07, 6.45) is 5.09. The van der Waals surface area contributed by atoms with E-state index in [1.807, 2.05) is 44.2 Å². The zero-order valence-electron chi connectivity index (χ0n) is 21.5. The summed E-state index contributed by atoms with van der Waals surface area (Å²) in [6.45, 7) is 12.5. The van der Waals surface area contributed by atoms with Crippen LogP contribution in [0.1, 0.15) is 57.4 Å². The normalized spacial score (nSPS) is 12.8. The Kier molecular flexibility index (Phi) is 9.07. The summed E-state index contributed by atoms with van der Waals surface area (Å²) in [7, 11) is 0. The van der Waals surface area contributed by atoms with Crippen LogP contribution in [0.15, 0.2) is 48.5 Å². The number of alkyl carbamates (subject to hydrolysis) is 1. The van der Waals surface area contributed by atoms with Crippen molar-refractivity contribution < 1.29 is 19.1 Å². The number of nitrogens with zero attached hydrogens (tertiary/aromatic N) is 1. The molecule has 3 amide bonds. The van der Waals surface area contributed by atoms with Gasteiger partial charge in [0.25, 0.3) is 11.8 Å². The van der Waals surface area contributed by atoms with Gasteiger partial charge in [-0.1, -0.05) is 62.7 Å². The fourth-order valence-corrected chi connectivity index (χ4v) is 3.57. The first-order chi connectivity index (χ1) is 16.4. The molecule has 0 aromatic heterocycles. The number of para-hydroxylation sites is 1. The summed E-state index contributed by atoms with van der Waals surface area (Å²) in [4.78, 5) is 40.8. The lowest BCUT2D eigenvalue weighted by Crippen LogP contribution is -2.53. The van der Waals surface area contributed by atoms with E-state index < -0.39 is 35.6 Å². The molecule has 7 nitrogen and oxygen atoms in total. The predicted octanol–water partition coefficient (Wildman–Crippen LogP) is 4.95.